The molecule has 0 aliphatic heterocycles. The van der Waals surface area contributed by atoms with Gasteiger partial charge in [-0.05, 0) is 12.3 Å². The van der Waals surface area contributed by atoms with Crippen LogP contribution < -0.4 is 16.2 Å². The normalized spacial score (nSPS) is 10.5. The molecule has 0 fully saturated rings. The van der Waals surface area contributed by atoms with Crippen molar-refractivity contribution in [1.82, 2.24) is 9.97 Å². The van der Waals surface area contributed by atoms with Gasteiger partial charge in [0.25, 0.3) is 0 Å². The Hall–Kier alpha value is -1.96. The largest absolute Gasteiger partial charge is 0.354 e. The highest BCUT2D eigenvalue weighted by Crippen LogP contribution is 2.30. The van der Waals surface area contributed by atoms with Gasteiger partial charge in [-0.2, -0.15) is 0 Å². The molecule has 8 heteroatoms. The maximum absolute atomic E-state index is 11.0. The third-order valence-corrected chi connectivity index (χ3v) is 2.53. The van der Waals surface area contributed by atoms with Gasteiger partial charge in [0.1, 0.15) is 6.33 Å². The summed E-state index contributed by atoms with van der Waals surface area (Å²) in [5.41, 5.74) is 2.02. The van der Waals surface area contributed by atoms with Gasteiger partial charge in [0.15, 0.2) is 0 Å². The van der Waals surface area contributed by atoms with E-state index in [1.54, 1.807) is 11.9 Å². The molecule has 100 valence electrons. The zero-order valence-corrected chi connectivity index (χ0v) is 10.8. The van der Waals surface area contributed by atoms with Crippen LogP contribution in [0.15, 0.2) is 6.33 Å². The molecule has 0 radical (unpaired) electrons. The second-order valence-corrected chi connectivity index (χ2v) is 4.40. The fraction of sp³-hybridized carbons (Fsp3) is 0.600. The first kappa shape index (κ1) is 14.1. The number of nitro groups is 1. The summed E-state index contributed by atoms with van der Waals surface area (Å²) < 4.78 is 0. The fourth-order valence-corrected chi connectivity index (χ4v) is 1.48. The molecule has 0 aliphatic carbocycles. The third-order valence-electron chi connectivity index (χ3n) is 2.53. The zero-order chi connectivity index (χ0) is 13.7. The van der Waals surface area contributed by atoms with Crippen LogP contribution in [-0.4, -0.2) is 28.5 Å². The quantitative estimate of drug-likeness (QED) is 0.445. The Morgan fingerprint density at radius 1 is 1.56 bits per heavy atom. The van der Waals surface area contributed by atoms with E-state index in [9.17, 15) is 10.1 Å². The van der Waals surface area contributed by atoms with E-state index >= 15 is 0 Å². The summed E-state index contributed by atoms with van der Waals surface area (Å²) in [6.45, 7) is 4.86. The minimum Gasteiger partial charge on any atom is -0.354 e. The van der Waals surface area contributed by atoms with Gasteiger partial charge in [-0.25, -0.2) is 15.8 Å². The molecule has 0 aromatic carbocycles. The van der Waals surface area contributed by atoms with Crippen molar-refractivity contribution in [3.63, 3.8) is 0 Å². The number of nitrogens with one attached hydrogen (secondary N) is 1. The molecule has 0 atom stereocenters. The molecule has 1 aromatic heterocycles. The lowest BCUT2D eigenvalue weighted by Crippen LogP contribution is -2.23. The summed E-state index contributed by atoms with van der Waals surface area (Å²) >= 11 is 0. The highest BCUT2D eigenvalue weighted by molar-refractivity contribution is 5.69. The molecule has 1 rings (SSSR count). The van der Waals surface area contributed by atoms with E-state index in [0.29, 0.717) is 12.5 Å². The topological polar surface area (TPSA) is 110 Å². The minimum atomic E-state index is -0.531. The summed E-state index contributed by atoms with van der Waals surface area (Å²) in [5, 5.41) is 11.0. The lowest BCUT2D eigenvalue weighted by atomic mass is 10.1. The van der Waals surface area contributed by atoms with E-state index in [-0.39, 0.29) is 17.3 Å². The molecule has 0 unspecified atom stereocenters. The molecule has 18 heavy (non-hydrogen) atoms. The van der Waals surface area contributed by atoms with Crippen LogP contribution in [0.1, 0.15) is 20.3 Å². The molecular weight excluding hydrogens is 236 g/mol. The van der Waals surface area contributed by atoms with Gasteiger partial charge in [-0.3, -0.25) is 10.1 Å². The Bertz CT molecular complexity index is 423. The Morgan fingerprint density at radius 3 is 2.72 bits per heavy atom. The van der Waals surface area contributed by atoms with Gasteiger partial charge in [0.2, 0.25) is 11.6 Å². The molecule has 3 N–H and O–H groups in total. The third kappa shape index (κ3) is 3.27. The zero-order valence-electron chi connectivity index (χ0n) is 10.8. The van der Waals surface area contributed by atoms with Crippen LogP contribution in [-0.2, 0) is 0 Å². The number of hydrazine groups is 1. The first-order chi connectivity index (χ1) is 8.47. The van der Waals surface area contributed by atoms with Crippen molar-refractivity contribution in [2.24, 2.45) is 11.8 Å². The molecule has 0 amide bonds. The van der Waals surface area contributed by atoms with Crippen LogP contribution in [0.5, 0.6) is 0 Å². The van der Waals surface area contributed by atoms with Crippen LogP contribution >= 0.6 is 0 Å². The van der Waals surface area contributed by atoms with E-state index in [0.717, 1.165) is 6.42 Å². The van der Waals surface area contributed by atoms with Crippen LogP contribution in [0.3, 0.4) is 0 Å². The maximum Gasteiger partial charge on any atom is 0.354 e. The molecule has 0 bridgehead atoms. The second kappa shape index (κ2) is 6.10. The smallest absolute Gasteiger partial charge is 0.354 e. The van der Waals surface area contributed by atoms with Gasteiger partial charge in [-0.1, -0.05) is 13.8 Å². The maximum atomic E-state index is 11.0. The Balaban J connectivity index is 3.03. The van der Waals surface area contributed by atoms with E-state index in [1.807, 2.05) is 0 Å². The molecular formula is C10H18N6O2. The number of hydrogen-bond acceptors (Lipinski definition) is 7. The SMILES string of the molecule is CC(C)CCN(C)c1ncnc(NN)c1[N+](=O)[O-]. The molecule has 1 heterocycles. The van der Waals surface area contributed by atoms with E-state index in [1.165, 1.54) is 6.33 Å². The summed E-state index contributed by atoms with van der Waals surface area (Å²) in [4.78, 5) is 20.0. The van der Waals surface area contributed by atoms with Crippen LogP contribution in [0.25, 0.3) is 0 Å². The summed E-state index contributed by atoms with van der Waals surface area (Å²) in [7, 11) is 1.76. The molecule has 0 saturated heterocycles. The Labute approximate surface area is 105 Å². The lowest BCUT2D eigenvalue weighted by Gasteiger charge is -2.19. The highest BCUT2D eigenvalue weighted by atomic mass is 16.6. The second-order valence-electron chi connectivity index (χ2n) is 4.40. The Kier molecular flexibility index (Phi) is 4.78. The number of rotatable bonds is 6. The van der Waals surface area contributed by atoms with Gasteiger partial charge in [0.05, 0.1) is 4.92 Å². The van der Waals surface area contributed by atoms with Crippen molar-refractivity contribution < 1.29 is 4.92 Å². The molecule has 8 nitrogen and oxygen atoms in total. The molecule has 1 aromatic rings. The van der Waals surface area contributed by atoms with E-state index in [4.69, 9.17) is 5.84 Å². The molecule has 0 aliphatic rings. The summed E-state index contributed by atoms with van der Waals surface area (Å²) in [5.74, 6) is 6.01. The van der Waals surface area contributed by atoms with Crippen molar-refractivity contribution in [3.05, 3.63) is 16.4 Å². The number of nitrogen functional groups attached to an aromatic ring is 1. The predicted molar refractivity (Wildman–Crippen MR) is 69.2 cm³/mol. The van der Waals surface area contributed by atoms with Crippen molar-refractivity contribution >= 4 is 17.3 Å². The van der Waals surface area contributed by atoms with Gasteiger partial charge >= 0.3 is 5.69 Å². The number of nitrogens with two attached hydrogens (primary N) is 1. The monoisotopic (exact) mass is 254 g/mol. The van der Waals surface area contributed by atoms with Gasteiger partial charge in [0, 0.05) is 13.6 Å². The van der Waals surface area contributed by atoms with Crippen molar-refractivity contribution in [2.75, 3.05) is 23.9 Å². The Morgan fingerprint density at radius 2 is 2.22 bits per heavy atom. The predicted octanol–water partition coefficient (Wildman–Crippen LogP) is 1.15. The average molecular weight is 254 g/mol. The van der Waals surface area contributed by atoms with Crippen LogP contribution in [0.4, 0.5) is 17.3 Å². The summed E-state index contributed by atoms with van der Waals surface area (Å²) in [6, 6.07) is 0. The minimum absolute atomic E-state index is 0.0152. The number of anilines is 2. The van der Waals surface area contributed by atoms with Crippen molar-refractivity contribution in [3.8, 4) is 0 Å². The van der Waals surface area contributed by atoms with Crippen molar-refractivity contribution in [1.29, 1.82) is 0 Å². The van der Waals surface area contributed by atoms with Gasteiger partial charge < -0.3 is 10.3 Å². The summed E-state index contributed by atoms with van der Waals surface area (Å²) in [6.07, 6.45) is 2.17. The van der Waals surface area contributed by atoms with Crippen molar-refractivity contribution in [2.45, 2.75) is 20.3 Å². The van der Waals surface area contributed by atoms with E-state index < -0.39 is 4.92 Å². The van der Waals surface area contributed by atoms with E-state index in [2.05, 4.69) is 29.2 Å². The number of hydrogen-bond donors (Lipinski definition) is 2. The lowest BCUT2D eigenvalue weighted by molar-refractivity contribution is -0.383. The molecule has 0 spiro atoms. The van der Waals surface area contributed by atoms with Gasteiger partial charge in [-0.15, -0.1) is 0 Å². The standard InChI is InChI=1S/C10H18N6O2/c1-7(2)4-5-15(3)10-8(16(17)18)9(14-11)12-6-13-10/h6-7H,4-5,11H2,1-3H3,(H,12,13,14). The molecule has 0 saturated carbocycles. The number of aromatic nitrogens is 2. The first-order valence-electron chi connectivity index (χ1n) is 5.64. The first-order valence-corrected chi connectivity index (χ1v) is 5.64. The van der Waals surface area contributed by atoms with Crippen LogP contribution in [0, 0.1) is 16.0 Å². The average Bonchev–Trinajstić information content (AvgIpc) is 2.34. The highest BCUT2D eigenvalue weighted by Gasteiger charge is 2.24. The number of nitrogens with zero attached hydrogens (tertiary/aromatic N) is 4. The fourth-order valence-electron chi connectivity index (χ4n) is 1.48. The van der Waals surface area contributed by atoms with Crippen LogP contribution in [0.2, 0.25) is 0 Å².